The third-order valence-electron chi connectivity index (χ3n) is 3.45. The van der Waals surface area contributed by atoms with Crippen molar-refractivity contribution in [3.8, 4) is 22.6 Å². The van der Waals surface area contributed by atoms with Gasteiger partial charge in [-0.15, -0.1) is 0 Å². The number of rotatable bonds is 6. The molecule has 0 aromatic heterocycles. The predicted molar refractivity (Wildman–Crippen MR) is 89.3 cm³/mol. The summed E-state index contributed by atoms with van der Waals surface area (Å²) in [6.07, 6.45) is 0. The van der Waals surface area contributed by atoms with E-state index in [-0.39, 0.29) is 0 Å². The van der Waals surface area contributed by atoms with Gasteiger partial charge in [-0.2, -0.15) is 0 Å². The Morgan fingerprint density at radius 2 is 1.48 bits per heavy atom. The van der Waals surface area contributed by atoms with Gasteiger partial charge in [0.15, 0.2) is 0 Å². The molecule has 0 aliphatic heterocycles. The zero-order chi connectivity index (χ0) is 15.9. The van der Waals surface area contributed by atoms with Crippen molar-refractivity contribution >= 4 is 6.47 Å². The molecule has 0 spiro atoms. The van der Waals surface area contributed by atoms with Crippen LogP contribution in [0.4, 0.5) is 0 Å². The van der Waals surface area contributed by atoms with Crippen LogP contribution in [0.2, 0.25) is 0 Å². The summed E-state index contributed by atoms with van der Waals surface area (Å²) < 4.78 is 10.6. The second-order valence-corrected chi connectivity index (χ2v) is 5.04. The van der Waals surface area contributed by atoms with Crippen LogP contribution in [0.1, 0.15) is 5.56 Å². The van der Waals surface area contributed by atoms with Gasteiger partial charge >= 0.3 is 0 Å². The minimum Gasteiger partial charge on any atom is -0.489 e. The topological polar surface area (TPSA) is 35.5 Å². The largest absolute Gasteiger partial charge is 0.489 e. The van der Waals surface area contributed by atoms with E-state index < -0.39 is 0 Å². The number of carbonyl (C=O) groups excluding carboxylic acids is 1. The molecule has 0 atom stereocenters. The van der Waals surface area contributed by atoms with Gasteiger partial charge in [0.05, 0.1) is 0 Å². The van der Waals surface area contributed by atoms with Crippen LogP contribution < -0.4 is 9.47 Å². The molecule has 3 aromatic rings. The quantitative estimate of drug-likeness (QED) is 0.630. The van der Waals surface area contributed by atoms with Gasteiger partial charge in [0.25, 0.3) is 6.47 Å². The molecule has 23 heavy (non-hydrogen) atoms. The van der Waals surface area contributed by atoms with Crippen LogP contribution in [0.15, 0.2) is 78.9 Å². The molecule has 0 saturated heterocycles. The molecule has 0 unspecified atom stereocenters. The minimum atomic E-state index is 0.417. The van der Waals surface area contributed by atoms with Crippen LogP contribution in [0.25, 0.3) is 11.1 Å². The van der Waals surface area contributed by atoms with Crippen molar-refractivity contribution in [1.82, 2.24) is 0 Å². The fourth-order valence-electron chi connectivity index (χ4n) is 2.31. The Hall–Kier alpha value is -3.07. The number of hydrogen-bond donors (Lipinski definition) is 0. The average Bonchev–Trinajstić information content (AvgIpc) is 2.62. The van der Waals surface area contributed by atoms with E-state index in [1.807, 2.05) is 54.6 Å². The molecule has 0 heterocycles. The lowest BCUT2D eigenvalue weighted by atomic mass is 10.1. The van der Waals surface area contributed by atoms with Crippen molar-refractivity contribution in [2.24, 2.45) is 0 Å². The highest BCUT2D eigenvalue weighted by Gasteiger charge is 2.00. The Morgan fingerprint density at radius 1 is 0.739 bits per heavy atom. The second kappa shape index (κ2) is 7.27. The maximum atomic E-state index is 10.4. The molecule has 3 aromatic carbocycles. The summed E-state index contributed by atoms with van der Waals surface area (Å²) in [5.41, 5.74) is 3.27. The first-order valence-electron chi connectivity index (χ1n) is 7.33. The second-order valence-electron chi connectivity index (χ2n) is 5.04. The first-order chi connectivity index (χ1) is 11.3. The summed E-state index contributed by atoms with van der Waals surface area (Å²) in [5, 5.41) is 0. The van der Waals surface area contributed by atoms with Gasteiger partial charge in [-0.3, -0.25) is 4.79 Å². The highest BCUT2D eigenvalue weighted by Crippen LogP contribution is 2.23. The molecule has 0 bridgehead atoms. The standard InChI is InChI=1S/C20H16O3/c21-15-23-20-8-4-5-16(13-20)14-22-19-11-9-18(10-12-19)17-6-2-1-3-7-17/h1-13,15H,14H2. The van der Waals surface area contributed by atoms with Gasteiger partial charge in [0, 0.05) is 0 Å². The van der Waals surface area contributed by atoms with Crippen molar-refractivity contribution in [2.75, 3.05) is 0 Å². The molecular formula is C20H16O3. The van der Waals surface area contributed by atoms with Crippen molar-refractivity contribution in [3.05, 3.63) is 84.4 Å². The van der Waals surface area contributed by atoms with E-state index in [1.54, 1.807) is 12.1 Å². The minimum absolute atomic E-state index is 0.417. The van der Waals surface area contributed by atoms with E-state index in [9.17, 15) is 4.79 Å². The van der Waals surface area contributed by atoms with E-state index in [0.29, 0.717) is 18.8 Å². The van der Waals surface area contributed by atoms with Crippen LogP contribution in [0.3, 0.4) is 0 Å². The zero-order valence-electron chi connectivity index (χ0n) is 12.5. The lowest BCUT2D eigenvalue weighted by molar-refractivity contribution is -0.120. The maximum absolute atomic E-state index is 10.4. The summed E-state index contributed by atoms with van der Waals surface area (Å²) in [6.45, 7) is 0.836. The van der Waals surface area contributed by atoms with Gasteiger partial charge in [-0.25, -0.2) is 0 Å². The molecule has 0 amide bonds. The monoisotopic (exact) mass is 304 g/mol. The molecule has 3 nitrogen and oxygen atoms in total. The van der Waals surface area contributed by atoms with Crippen molar-refractivity contribution in [2.45, 2.75) is 6.61 Å². The van der Waals surface area contributed by atoms with Crippen molar-refractivity contribution < 1.29 is 14.3 Å². The van der Waals surface area contributed by atoms with Crippen LogP contribution in [-0.4, -0.2) is 6.47 Å². The Balaban J connectivity index is 1.65. The molecule has 0 radical (unpaired) electrons. The number of hydrogen-bond acceptors (Lipinski definition) is 3. The van der Waals surface area contributed by atoms with Crippen LogP contribution in [0, 0.1) is 0 Å². The van der Waals surface area contributed by atoms with Gasteiger partial charge in [0.1, 0.15) is 18.1 Å². The average molecular weight is 304 g/mol. The number of carbonyl (C=O) groups is 1. The summed E-state index contributed by atoms with van der Waals surface area (Å²) in [4.78, 5) is 10.4. The zero-order valence-corrected chi connectivity index (χ0v) is 12.5. The highest BCUT2D eigenvalue weighted by molar-refractivity contribution is 5.63. The van der Waals surface area contributed by atoms with Gasteiger partial charge in [-0.05, 0) is 41.0 Å². The summed E-state index contributed by atoms with van der Waals surface area (Å²) in [5.74, 6) is 1.31. The summed E-state index contributed by atoms with van der Waals surface area (Å²) in [6, 6.07) is 25.5. The summed E-state index contributed by atoms with van der Waals surface area (Å²) in [7, 11) is 0. The molecule has 3 rings (SSSR count). The molecule has 0 aliphatic carbocycles. The first kappa shape index (κ1) is 14.9. The fraction of sp³-hybridized carbons (Fsp3) is 0.0500. The Labute approximate surface area is 135 Å². The van der Waals surface area contributed by atoms with Crippen molar-refractivity contribution in [1.29, 1.82) is 0 Å². The predicted octanol–water partition coefficient (Wildman–Crippen LogP) is 4.47. The molecule has 114 valence electrons. The first-order valence-corrected chi connectivity index (χ1v) is 7.33. The van der Waals surface area contributed by atoms with Gasteiger partial charge < -0.3 is 9.47 Å². The molecule has 3 heteroatoms. The third kappa shape index (κ3) is 3.98. The van der Waals surface area contributed by atoms with Gasteiger partial charge in [-0.1, -0.05) is 54.6 Å². The molecule has 0 N–H and O–H groups in total. The van der Waals surface area contributed by atoms with Crippen molar-refractivity contribution in [3.63, 3.8) is 0 Å². The van der Waals surface area contributed by atoms with E-state index in [0.717, 1.165) is 16.9 Å². The summed E-state index contributed by atoms with van der Waals surface area (Å²) >= 11 is 0. The molecule has 0 aliphatic rings. The molecular weight excluding hydrogens is 288 g/mol. The fourth-order valence-corrected chi connectivity index (χ4v) is 2.31. The van der Waals surface area contributed by atoms with Crippen LogP contribution in [0.5, 0.6) is 11.5 Å². The number of ether oxygens (including phenoxy) is 2. The highest BCUT2D eigenvalue weighted by atomic mass is 16.5. The maximum Gasteiger partial charge on any atom is 0.298 e. The number of benzene rings is 3. The van der Waals surface area contributed by atoms with E-state index >= 15 is 0 Å². The lowest BCUT2D eigenvalue weighted by Crippen LogP contribution is -1.96. The smallest absolute Gasteiger partial charge is 0.298 e. The Kier molecular flexibility index (Phi) is 4.69. The van der Waals surface area contributed by atoms with E-state index in [1.165, 1.54) is 5.56 Å². The Morgan fingerprint density at radius 3 is 2.22 bits per heavy atom. The van der Waals surface area contributed by atoms with Crippen LogP contribution in [-0.2, 0) is 11.4 Å². The lowest BCUT2D eigenvalue weighted by Gasteiger charge is -2.08. The van der Waals surface area contributed by atoms with E-state index in [2.05, 4.69) is 12.1 Å². The van der Waals surface area contributed by atoms with Gasteiger partial charge in [0.2, 0.25) is 0 Å². The third-order valence-corrected chi connectivity index (χ3v) is 3.45. The molecule has 0 saturated carbocycles. The van der Waals surface area contributed by atoms with Crippen LogP contribution >= 0.6 is 0 Å². The van der Waals surface area contributed by atoms with E-state index in [4.69, 9.17) is 9.47 Å². The normalized spacial score (nSPS) is 10.1. The molecule has 0 fully saturated rings. The Bertz CT molecular complexity index is 764. The SMILES string of the molecule is O=COc1cccc(COc2ccc(-c3ccccc3)cc2)c1.